The molecule has 0 aliphatic carbocycles. The van der Waals surface area contributed by atoms with Gasteiger partial charge in [-0.1, -0.05) is 56.0 Å². The molecule has 0 bridgehead atoms. The van der Waals surface area contributed by atoms with Crippen molar-refractivity contribution >= 4 is 19.4 Å². The second-order valence-electron chi connectivity index (χ2n) is 7.83. The molecule has 4 nitrogen and oxygen atoms in total. The van der Waals surface area contributed by atoms with Crippen molar-refractivity contribution < 1.29 is 4.92 Å². The first-order chi connectivity index (χ1) is 11.3. The number of nitro groups is 1. The molecule has 0 saturated carbocycles. The first-order valence-corrected chi connectivity index (χ1v) is 12.1. The summed E-state index contributed by atoms with van der Waals surface area (Å²) in [4.78, 5) is 10.5. The van der Waals surface area contributed by atoms with E-state index in [4.69, 9.17) is 0 Å². The van der Waals surface area contributed by atoms with Crippen molar-refractivity contribution in [3.8, 4) is 0 Å². The molecule has 126 valence electrons. The smallest absolute Gasteiger partial charge is 0.269 e. The summed E-state index contributed by atoms with van der Waals surface area (Å²) in [6.45, 7) is 7.25. The SMILES string of the molecule is C[Si](C)(C)C[C@H]1C[C@@H](c2ccc([N+](=O)[O-])cc2)Nc2ccccc21. The van der Waals surface area contributed by atoms with Gasteiger partial charge in [0, 0.05) is 25.9 Å². The average Bonchev–Trinajstić information content (AvgIpc) is 2.53. The van der Waals surface area contributed by atoms with Gasteiger partial charge in [-0.05, 0) is 29.5 Å². The second kappa shape index (κ2) is 6.40. The van der Waals surface area contributed by atoms with Gasteiger partial charge in [-0.15, -0.1) is 0 Å². The Hall–Kier alpha value is -2.14. The summed E-state index contributed by atoms with van der Waals surface area (Å²) in [6.07, 6.45) is 1.04. The predicted octanol–water partition coefficient (Wildman–Crippen LogP) is 5.57. The van der Waals surface area contributed by atoms with E-state index in [0.29, 0.717) is 5.92 Å². The second-order valence-corrected chi connectivity index (χ2v) is 13.4. The van der Waals surface area contributed by atoms with Gasteiger partial charge in [0.05, 0.1) is 11.0 Å². The molecule has 0 saturated heterocycles. The lowest BCUT2D eigenvalue weighted by atomic mass is 9.85. The van der Waals surface area contributed by atoms with Crippen LogP contribution in [0.25, 0.3) is 0 Å². The molecule has 0 aromatic heterocycles. The van der Waals surface area contributed by atoms with Crippen LogP contribution in [0.2, 0.25) is 25.7 Å². The van der Waals surface area contributed by atoms with Gasteiger partial charge in [0.1, 0.15) is 0 Å². The summed E-state index contributed by atoms with van der Waals surface area (Å²) in [5.74, 6) is 0.550. The molecule has 0 amide bonds. The average molecular weight is 340 g/mol. The molecular formula is C19H24N2O2Si. The zero-order valence-corrected chi connectivity index (χ0v) is 15.5. The lowest BCUT2D eigenvalue weighted by Gasteiger charge is -2.36. The van der Waals surface area contributed by atoms with E-state index in [1.54, 1.807) is 12.1 Å². The molecule has 1 aliphatic rings. The standard InChI is InChI=1S/C19H24N2O2Si/c1-24(2,3)13-15-12-19(20-18-7-5-4-6-17(15)18)14-8-10-16(11-9-14)21(22)23/h4-11,15,19-20H,12-13H2,1-3H3/t15-,19+/m1/s1. The van der Waals surface area contributed by atoms with Gasteiger partial charge in [-0.2, -0.15) is 0 Å². The third-order valence-electron chi connectivity index (χ3n) is 4.62. The van der Waals surface area contributed by atoms with E-state index < -0.39 is 8.07 Å². The van der Waals surface area contributed by atoms with E-state index >= 15 is 0 Å². The van der Waals surface area contributed by atoms with E-state index in [-0.39, 0.29) is 16.7 Å². The Bertz CT molecular complexity index is 738. The number of nitro benzene ring substituents is 1. The topological polar surface area (TPSA) is 55.2 Å². The highest BCUT2D eigenvalue weighted by molar-refractivity contribution is 6.76. The first kappa shape index (κ1) is 16.7. The van der Waals surface area contributed by atoms with Crippen LogP contribution in [0.3, 0.4) is 0 Å². The molecule has 1 N–H and O–H groups in total. The van der Waals surface area contributed by atoms with Crippen molar-refractivity contribution in [2.75, 3.05) is 5.32 Å². The van der Waals surface area contributed by atoms with E-state index in [1.807, 2.05) is 12.1 Å². The lowest BCUT2D eigenvalue weighted by Crippen LogP contribution is -2.28. The fourth-order valence-electron chi connectivity index (χ4n) is 3.62. The van der Waals surface area contributed by atoms with Crippen LogP contribution in [0.1, 0.15) is 29.5 Å². The van der Waals surface area contributed by atoms with Crippen molar-refractivity contribution in [1.82, 2.24) is 0 Å². The third-order valence-corrected chi connectivity index (χ3v) is 6.33. The maximum atomic E-state index is 10.9. The van der Waals surface area contributed by atoms with E-state index in [0.717, 1.165) is 12.0 Å². The van der Waals surface area contributed by atoms with Gasteiger partial charge in [0.15, 0.2) is 0 Å². The van der Waals surface area contributed by atoms with Crippen LogP contribution in [0.5, 0.6) is 0 Å². The molecular weight excluding hydrogens is 316 g/mol. The molecule has 0 radical (unpaired) electrons. The number of fused-ring (bicyclic) bond motifs is 1. The number of para-hydroxylation sites is 1. The summed E-state index contributed by atoms with van der Waals surface area (Å²) >= 11 is 0. The number of hydrogen-bond donors (Lipinski definition) is 1. The van der Waals surface area contributed by atoms with Gasteiger partial charge in [0.2, 0.25) is 0 Å². The Morgan fingerprint density at radius 3 is 2.42 bits per heavy atom. The highest BCUT2D eigenvalue weighted by Gasteiger charge is 2.30. The van der Waals surface area contributed by atoms with E-state index in [1.165, 1.54) is 17.3 Å². The van der Waals surface area contributed by atoms with Crippen molar-refractivity contribution in [3.05, 3.63) is 69.8 Å². The molecule has 2 aromatic carbocycles. The van der Waals surface area contributed by atoms with Gasteiger partial charge < -0.3 is 5.32 Å². The summed E-state index contributed by atoms with van der Waals surface area (Å²) in [5.41, 5.74) is 3.89. The zero-order valence-electron chi connectivity index (χ0n) is 14.5. The van der Waals surface area contributed by atoms with Crippen molar-refractivity contribution in [2.45, 2.75) is 44.1 Å². The Morgan fingerprint density at radius 2 is 1.79 bits per heavy atom. The van der Waals surface area contributed by atoms with Gasteiger partial charge in [-0.25, -0.2) is 0 Å². The van der Waals surface area contributed by atoms with Crippen LogP contribution in [0.4, 0.5) is 11.4 Å². The zero-order chi connectivity index (χ0) is 17.3. The largest absolute Gasteiger partial charge is 0.378 e. The van der Waals surface area contributed by atoms with Gasteiger partial charge in [-0.3, -0.25) is 10.1 Å². The highest BCUT2D eigenvalue weighted by Crippen LogP contribution is 2.43. The molecule has 0 spiro atoms. The number of non-ortho nitro benzene ring substituents is 1. The number of rotatable bonds is 4. The molecule has 1 aliphatic heterocycles. The van der Waals surface area contributed by atoms with Gasteiger partial charge >= 0.3 is 0 Å². The van der Waals surface area contributed by atoms with Crippen LogP contribution in [-0.4, -0.2) is 13.0 Å². The Labute approximate surface area is 144 Å². The third kappa shape index (κ3) is 3.67. The highest BCUT2D eigenvalue weighted by atomic mass is 28.3. The lowest BCUT2D eigenvalue weighted by molar-refractivity contribution is -0.384. The summed E-state index contributed by atoms with van der Waals surface area (Å²) in [6, 6.07) is 17.0. The fraction of sp³-hybridized carbons (Fsp3) is 0.368. The Balaban J connectivity index is 1.90. The minimum atomic E-state index is -1.18. The van der Waals surface area contributed by atoms with E-state index in [9.17, 15) is 10.1 Å². The monoisotopic (exact) mass is 340 g/mol. The molecule has 0 fully saturated rings. The normalized spacial score (nSPS) is 20.1. The fourth-order valence-corrected chi connectivity index (χ4v) is 5.49. The van der Waals surface area contributed by atoms with Crippen LogP contribution < -0.4 is 5.32 Å². The molecule has 3 rings (SSSR count). The van der Waals surface area contributed by atoms with Crippen LogP contribution >= 0.6 is 0 Å². The molecule has 24 heavy (non-hydrogen) atoms. The Kier molecular flexibility index (Phi) is 4.45. The molecule has 1 heterocycles. The van der Waals surface area contributed by atoms with Gasteiger partial charge in [0.25, 0.3) is 5.69 Å². The van der Waals surface area contributed by atoms with Crippen LogP contribution in [0.15, 0.2) is 48.5 Å². The number of anilines is 1. The molecule has 2 aromatic rings. The summed E-state index contributed by atoms with van der Waals surface area (Å²) in [7, 11) is -1.18. The Morgan fingerprint density at radius 1 is 1.12 bits per heavy atom. The predicted molar refractivity (Wildman–Crippen MR) is 101 cm³/mol. The number of hydrogen-bond acceptors (Lipinski definition) is 3. The quantitative estimate of drug-likeness (QED) is 0.449. The first-order valence-electron chi connectivity index (χ1n) is 8.43. The summed E-state index contributed by atoms with van der Waals surface area (Å²) < 4.78 is 0. The number of nitrogens with one attached hydrogen (secondary N) is 1. The molecule has 0 unspecified atom stereocenters. The van der Waals surface area contributed by atoms with Crippen LogP contribution in [-0.2, 0) is 0 Å². The maximum absolute atomic E-state index is 10.9. The minimum Gasteiger partial charge on any atom is -0.378 e. The molecule has 2 atom stereocenters. The minimum absolute atomic E-state index is 0.147. The number of nitrogens with zero attached hydrogens (tertiary/aromatic N) is 1. The maximum Gasteiger partial charge on any atom is 0.269 e. The van der Waals surface area contributed by atoms with Crippen molar-refractivity contribution in [2.24, 2.45) is 0 Å². The van der Waals surface area contributed by atoms with Crippen molar-refractivity contribution in [1.29, 1.82) is 0 Å². The van der Waals surface area contributed by atoms with Crippen LogP contribution in [0, 0.1) is 10.1 Å². The molecule has 5 heteroatoms. The summed E-state index contributed by atoms with van der Waals surface area (Å²) in [5, 5.41) is 14.5. The van der Waals surface area contributed by atoms with Crippen molar-refractivity contribution in [3.63, 3.8) is 0 Å². The number of benzene rings is 2. The van der Waals surface area contributed by atoms with E-state index in [2.05, 4.69) is 49.2 Å².